The van der Waals surface area contributed by atoms with Crippen LogP contribution in [0.15, 0.2) is 42.5 Å². The molecule has 1 saturated carbocycles. The van der Waals surface area contributed by atoms with Crippen molar-refractivity contribution in [3.8, 4) is 5.75 Å². The van der Waals surface area contributed by atoms with E-state index >= 15 is 0 Å². The number of nitrogens with one attached hydrogen (secondary N) is 1. The third kappa shape index (κ3) is 4.73. The van der Waals surface area contributed by atoms with Crippen molar-refractivity contribution >= 4 is 5.91 Å². The first-order valence-corrected chi connectivity index (χ1v) is 13.0. The Morgan fingerprint density at radius 1 is 1.00 bits per heavy atom. The van der Waals surface area contributed by atoms with E-state index in [4.69, 9.17) is 4.74 Å². The maximum absolute atomic E-state index is 14.2. The Labute approximate surface area is 205 Å². The fraction of sp³-hybridized carbons (Fsp3) is 0.552. The number of carbonyl (C=O) groups excluding carboxylic acids is 1. The summed E-state index contributed by atoms with van der Waals surface area (Å²) in [5.74, 6) is 0.776. The number of methoxy groups -OCH3 is 1. The van der Waals surface area contributed by atoms with Crippen LogP contribution in [0.4, 0.5) is 0 Å². The molecule has 2 aromatic carbocycles. The third-order valence-electron chi connectivity index (χ3n) is 7.68. The molecular formula is C29H41N3O2. The number of benzene rings is 2. The number of likely N-dealkylation sites (N-methyl/N-ethyl adjacent to an activating group) is 1. The van der Waals surface area contributed by atoms with Gasteiger partial charge in [0.25, 0.3) is 0 Å². The van der Waals surface area contributed by atoms with Crippen molar-refractivity contribution < 1.29 is 9.53 Å². The molecule has 1 saturated heterocycles. The van der Waals surface area contributed by atoms with E-state index in [9.17, 15) is 4.79 Å². The van der Waals surface area contributed by atoms with Gasteiger partial charge in [0, 0.05) is 44.3 Å². The Morgan fingerprint density at radius 2 is 1.65 bits per heavy atom. The molecule has 184 valence electrons. The van der Waals surface area contributed by atoms with Gasteiger partial charge in [0.2, 0.25) is 5.91 Å². The van der Waals surface area contributed by atoms with Gasteiger partial charge in [-0.1, -0.05) is 66.8 Å². The summed E-state index contributed by atoms with van der Waals surface area (Å²) in [6.07, 6.45) is 6.68. The van der Waals surface area contributed by atoms with Crippen molar-refractivity contribution in [3.05, 3.63) is 64.7 Å². The number of ether oxygens (including phenoxy) is 1. The average molecular weight is 464 g/mol. The van der Waals surface area contributed by atoms with Gasteiger partial charge in [-0.3, -0.25) is 14.6 Å². The van der Waals surface area contributed by atoms with Crippen LogP contribution in [-0.2, 0) is 10.3 Å². The zero-order valence-electron chi connectivity index (χ0n) is 21.4. The molecule has 1 N–H and O–H groups in total. The average Bonchev–Trinajstić information content (AvgIpc) is 2.85. The highest BCUT2D eigenvalue weighted by Crippen LogP contribution is 2.42. The van der Waals surface area contributed by atoms with E-state index in [-0.39, 0.29) is 5.91 Å². The van der Waals surface area contributed by atoms with Crippen molar-refractivity contribution in [1.82, 2.24) is 15.1 Å². The highest BCUT2D eigenvalue weighted by Gasteiger charge is 2.50. The Balaban J connectivity index is 1.82. The second-order valence-corrected chi connectivity index (χ2v) is 9.96. The van der Waals surface area contributed by atoms with Gasteiger partial charge in [-0.25, -0.2) is 0 Å². The van der Waals surface area contributed by atoms with Crippen molar-refractivity contribution in [3.63, 3.8) is 0 Å². The Morgan fingerprint density at radius 3 is 2.26 bits per heavy atom. The smallest absolute Gasteiger partial charge is 0.249 e. The monoisotopic (exact) mass is 463 g/mol. The quantitative estimate of drug-likeness (QED) is 0.650. The van der Waals surface area contributed by atoms with Gasteiger partial charge in [-0.2, -0.15) is 0 Å². The first-order chi connectivity index (χ1) is 16.5. The van der Waals surface area contributed by atoms with Gasteiger partial charge in [0.1, 0.15) is 5.75 Å². The molecule has 4 rings (SSSR count). The van der Waals surface area contributed by atoms with Gasteiger partial charge in [0.15, 0.2) is 5.54 Å². The molecule has 1 aliphatic carbocycles. The SMILES string of the molecule is CCNC(=O)C(c1cc(C)cc(C)c1)(c1ccccc1OC)N1CCN(C2CCCCC2)CC1. The molecule has 1 aliphatic heterocycles. The van der Waals surface area contributed by atoms with Crippen LogP contribution in [0.25, 0.3) is 0 Å². The lowest BCUT2D eigenvalue weighted by atomic mass is 9.78. The molecule has 1 unspecified atom stereocenters. The second-order valence-electron chi connectivity index (χ2n) is 9.96. The Bertz CT molecular complexity index is 957. The lowest BCUT2D eigenvalue weighted by molar-refractivity contribution is -0.133. The van der Waals surface area contributed by atoms with Gasteiger partial charge in [-0.05, 0) is 45.2 Å². The van der Waals surface area contributed by atoms with Crippen molar-refractivity contribution in [2.45, 2.75) is 64.5 Å². The van der Waals surface area contributed by atoms with Gasteiger partial charge in [0.05, 0.1) is 7.11 Å². The molecule has 0 spiro atoms. The lowest BCUT2D eigenvalue weighted by Gasteiger charge is -2.49. The van der Waals surface area contributed by atoms with Crippen LogP contribution in [0.5, 0.6) is 5.75 Å². The molecule has 0 aromatic heterocycles. The van der Waals surface area contributed by atoms with Crippen LogP contribution in [0, 0.1) is 13.8 Å². The molecule has 5 nitrogen and oxygen atoms in total. The number of piperazine rings is 1. The first-order valence-electron chi connectivity index (χ1n) is 13.0. The van der Waals surface area contributed by atoms with Crippen molar-refractivity contribution in [2.75, 3.05) is 39.8 Å². The summed E-state index contributed by atoms with van der Waals surface area (Å²) in [4.78, 5) is 19.3. The summed E-state index contributed by atoms with van der Waals surface area (Å²) in [5, 5.41) is 3.20. The molecule has 2 aromatic rings. The number of carbonyl (C=O) groups is 1. The van der Waals surface area contributed by atoms with Crippen LogP contribution in [-0.4, -0.2) is 61.6 Å². The molecule has 2 aliphatic rings. The van der Waals surface area contributed by atoms with E-state index in [2.05, 4.69) is 53.2 Å². The Kier molecular flexibility index (Phi) is 7.95. The van der Waals surface area contributed by atoms with E-state index in [1.807, 2.05) is 25.1 Å². The van der Waals surface area contributed by atoms with Gasteiger partial charge >= 0.3 is 0 Å². The number of amides is 1. The van der Waals surface area contributed by atoms with E-state index in [0.717, 1.165) is 43.1 Å². The molecule has 1 heterocycles. The molecule has 5 heteroatoms. The third-order valence-corrected chi connectivity index (χ3v) is 7.68. The number of rotatable bonds is 7. The van der Waals surface area contributed by atoms with Crippen molar-refractivity contribution in [1.29, 1.82) is 0 Å². The minimum atomic E-state index is -0.946. The summed E-state index contributed by atoms with van der Waals surface area (Å²) in [5.41, 5.74) is 3.32. The second kappa shape index (κ2) is 10.9. The van der Waals surface area contributed by atoms with E-state index in [0.29, 0.717) is 12.6 Å². The fourth-order valence-corrected chi connectivity index (χ4v) is 6.19. The molecule has 0 radical (unpaired) electrons. The van der Waals surface area contributed by atoms with E-state index in [1.54, 1.807) is 7.11 Å². The topological polar surface area (TPSA) is 44.8 Å². The zero-order chi connectivity index (χ0) is 24.1. The number of hydrogen-bond donors (Lipinski definition) is 1. The zero-order valence-corrected chi connectivity index (χ0v) is 21.4. The van der Waals surface area contributed by atoms with Crippen LogP contribution in [0.1, 0.15) is 61.3 Å². The maximum Gasteiger partial charge on any atom is 0.249 e. The summed E-state index contributed by atoms with van der Waals surface area (Å²) < 4.78 is 5.85. The largest absolute Gasteiger partial charge is 0.496 e. The normalized spacial score (nSPS) is 20.0. The summed E-state index contributed by atoms with van der Waals surface area (Å²) >= 11 is 0. The molecule has 1 atom stereocenters. The predicted molar refractivity (Wildman–Crippen MR) is 138 cm³/mol. The highest BCUT2D eigenvalue weighted by molar-refractivity contribution is 5.92. The number of nitrogens with zero attached hydrogens (tertiary/aromatic N) is 2. The summed E-state index contributed by atoms with van der Waals surface area (Å²) in [7, 11) is 1.70. The van der Waals surface area contributed by atoms with Crippen LogP contribution < -0.4 is 10.1 Å². The molecule has 1 amide bonds. The lowest BCUT2D eigenvalue weighted by Crippen LogP contribution is -2.63. The number of aryl methyl sites for hydroxylation is 2. The van der Waals surface area contributed by atoms with Gasteiger partial charge in [-0.15, -0.1) is 0 Å². The van der Waals surface area contributed by atoms with Crippen LogP contribution in [0.3, 0.4) is 0 Å². The standard InChI is InChI=1S/C29H41N3O2/c1-5-30-28(33)29(24-20-22(2)19-23(3)21-24,26-13-9-10-14-27(26)34-4)32-17-15-31(16-18-32)25-11-7-6-8-12-25/h9-10,13-14,19-21,25H,5-8,11-12,15-18H2,1-4H3,(H,30,33). The highest BCUT2D eigenvalue weighted by atomic mass is 16.5. The van der Waals surface area contributed by atoms with E-state index in [1.165, 1.54) is 43.2 Å². The maximum atomic E-state index is 14.2. The van der Waals surface area contributed by atoms with Crippen LogP contribution >= 0.6 is 0 Å². The fourth-order valence-electron chi connectivity index (χ4n) is 6.19. The van der Waals surface area contributed by atoms with Crippen molar-refractivity contribution in [2.24, 2.45) is 0 Å². The van der Waals surface area contributed by atoms with Gasteiger partial charge < -0.3 is 10.1 Å². The minimum Gasteiger partial charge on any atom is -0.496 e. The van der Waals surface area contributed by atoms with E-state index < -0.39 is 5.54 Å². The summed E-state index contributed by atoms with van der Waals surface area (Å²) in [6, 6.07) is 15.3. The molecule has 0 bridgehead atoms. The molecule has 2 fully saturated rings. The molecular weight excluding hydrogens is 422 g/mol. The minimum absolute atomic E-state index is 0.0237. The number of hydrogen-bond acceptors (Lipinski definition) is 4. The van der Waals surface area contributed by atoms with Crippen LogP contribution in [0.2, 0.25) is 0 Å². The summed E-state index contributed by atoms with van der Waals surface area (Å²) in [6.45, 7) is 10.5. The molecule has 34 heavy (non-hydrogen) atoms. The Hall–Kier alpha value is -2.37. The first kappa shape index (κ1) is 24.7. The number of para-hydroxylation sites is 1. The predicted octanol–water partition coefficient (Wildman–Crippen LogP) is 4.64.